The van der Waals surface area contributed by atoms with E-state index in [0.717, 1.165) is 12.8 Å². The van der Waals surface area contributed by atoms with Gasteiger partial charge in [-0.2, -0.15) is 4.89 Å². The first-order valence-corrected chi connectivity index (χ1v) is 9.46. The summed E-state index contributed by atoms with van der Waals surface area (Å²) >= 11 is 0. The van der Waals surface area contributed by atoms with Gasteiger partial charge in [0.15, 0.2) is 0 Å². The Morgan fingerprint density at radius 2 is 1.95 bits per heavy atom. The molecular formula is C15H21O3Si. The van der Waals surface area contributed by atoms with Crippen molar-refractivity contribution in [3.05, 3.63) is 49.0 Å². The van der Waals surface area contributed by atoms with E-state index >= 15 is 0 Å². The van der Waals surface area contributed by atoms with Crippen LogP contribution >= 0.6 is 0 Å². The Hall–Kier alpha value is -1.39. The van der Waals surface area contributed by atoms with Crippen LogP contribution in [0.3, 0.4) is 0 Å². The smallest absolute Gasteiger partial charge is 0.293 e. The summed E-state index contributed by atoms with van der Waals surface area (Å²) in [6.45, 7) is 12.3. The van der Waals surface area contributed by atoms with Gasteiger partial charge in [-0.15, -0.1) is 6.58 Å². The number of unbranched alkanes of at least 4 members (excludes halogenated alkanes) is 1. The van der Waals surface area contributed by atoms with Gasteiger partial charge in [0.2, 0.25) is 0 Å². The highest BCUT2D eigenvalue weighted by atomic mass is 28.3. The van der Waals surface area contributed by atoms with Crippen LogP contribution in [0.1, 0.15) is 23.2 Å². The lowest BCUT2D eigenvalue weighted by atomic mass is 10.2. The Labute approximate surface area is 116 Å². The third kappa shape index (κ3) is 4.65. The maximum atomic E-state index is 11.7. The number of rotatable bonds is 7. The molecule has 4 heteroatoms. The van der Waals surface area contributed by atoms with Crippen LogP contribution < -0.4 is 5.19 Å². The number of benzene rings is 1. The summed E-state index contributed by atoms with van der Waals surface area (Å²) in [7, 11) is -1.57. The molecule has 3 nitrogen and oxygen atoms in total. The molecule has 0 N–H and O–H groups in total. The molecule has 19 heavy (non-hydrogen) atoms. The summed E-state index contributed by atoms with van der Waals surface area (Å²) in [6.07, 6.45) is 1.53. The average molecular weight is 277 g/mol. The van der Waals surface area contributed by atoms with Crippen molar-refractivity contribution < 1.29 is 14.6 Å². The number of hydrogen-bond donors (Lipinski definition) is 0. The van der Waals surface area contributed by atoms with E-state index in [9.17, 15) is 4.79 Å². The lowest BCUT2D eigenvalue weighted by molar-refractivity contribution is -0.241. The minimum Gasteiger partial charge on any atom is -0.293 e. The molecule has 0 aliphatic rings. The molecule has 0 unspecified atom stereocenters. The molecule has 1 radical (unpaired) electrons. The first kappa shape index (κ1) is 15.7. The highest BCUT2D eigenvalue weighted by Crippen LogP contribution is 2.07. The molecule has 1 aromatic rings. The number of hydrogen-bond acceptors (Lipinski definition) is 3. The Morgan fingerprint density at radius 1 is 1.32 bits per heavy atom. The van der Waals surface area contributed by atoms with Crippen LogP contribution in [0.4, 0.5) is 0 Å². The monoisotopic (exact) mass is 277 g/mol. The maximum absolute atomic E-state index is 11.7. The Morgan fingerprint density at radius 3 is 2.47 bits per heavy atom. The van der Waals surface area contributed by atoms with Crippen molar-refractivity contribution in [2.24, 2.45) is 0 Å². The van der Waals surface area contributed by atoms with E-state index < -0.39 is 14.0 Å². The van der Waals surface area contributed by atoms with Gasteiger partial charge in [-0.05, 0) is 18.6 Å². The normalized spacial score (nSPS) is 11.1. The number of carbonyl (C=O) groups is 1. The van der Waals surface area contributed by atoms with Gasteiger partial charge in [0, 0.05) is 0 Å². The van der Waals surface area contributed by atoms with Gasteiger partial charge in [0.1, 0.15) is 8.07 Å². The third-order valence-electron chi connectivity index (χ3n) is 2.99. The van der Waals surface area contributed by atoms with Gasteiger partial charge in [0.25, 0.3) is 0 Å². The molecule has 0 aliphatic carbocycles. The average Bonchev–Trinajstić information content (AvgIpc) is 2.43. The zero-order valence-corrected chi connectivity index (χ0v) is 12.6. The molecule has 1 rings (SSSR count). The van der Waals surface area contributed by atoms with Crippen molar-refractivity contribution in [3.8, 4) is 0 Å². The minimum atomic E-state index is -1.57. The second-order valence-electron chi connectivity index (χ2n) is 4.90. The summed E-state index contributed by atoms with van der Waals surface area (Å²) in [5.41, 5.74) is 2.51. The summed E-state index contributed by atoms with van der Waals surface area (Å²) in [6, 6.07) is 7.45. The second-order valence-corrected chi connectivity index (χ2v) is 9.33. The van der Waals surface area contributed by atoms with Gasteiger partial charge in [0.05, 0.1) is 12.2 Å². The summed E-state index contributed by atoms with van der Waals surface area (Å²) in [5, 5.41) is 1.23. The standard InChI is InChI=1S/C15H21O3Si/c1-5-7-12-17-18-15(16)13-8-10-14(11-9-13)19(3,4)6-2/h6,8-11H,1-2,5,7,12H2,3-4H3. The molecule has 0 amide bonds. The highest BCUT2D eigenvalue weighted by Gasteiger charge is 2.19. The largest absolute Gasteiger partial charge is 0.373 e. The van der Waals surface area contributed by atoms with Crippen LogP contribution in [0.15, 0.2) is 36.5 Å². The van der Waals surface area contributed by atoms with Gasteiger partial charge < -0.3 is 0 Å². The molecular weight excluding hydrogens is 256 g/mol. The minimum absolute atomic E-state index is 0.379. The topological polar surface area (TPSA) is 35.5 Å². The molecule has 1 aromatic carbocycles. The van der Waals surface area contributed by atoms with Crippen molar-refractivity contribution in [1.29, 1.82) is 0 Å². The second kappa shape index (κ2) is 7.26. The Bertz CT molecular complexity index is 424. The fraction of sp³-hybridized carbons (Fsp3) is 0.333. The SMILES string of the molecule is [CH2]CCCOOC(=O)c1ccc([Si](C)(C)C=C)cc1. The molecule has 0 aromatic heterocycles. The van der Waals surface area contributed by atoms with Crippen molar-refractivity contribution >= 4 is 19.2 Å². The molecule has 0 saturated carbocycles. The molecule has 103 valence electrons. The number of carbonyl (C=O) groups excluding carboxylic acids is 1. The van der Waals surface area contributed by atoms with Crippen LogP contribution in [0.25, 0.3) is 0 Å². The Kier molecular flexibility index (Phi) is 5.98. The van der Waals surface area contributed by atoms with Crippen LogP contribution in [0.5, 0.6) is 0 Å². The first-order chi connectivity index (χ1) is 9.01. The van der Waals surface area contributed by atoms with Crippen LogP contribution in [-0.2, 0) is 9.78 Å². The molecule has 0 saturated heterocycles. The van der Waals surface area contributed by atoms with E-state index in [1.54, 1.807) is 12.1 Å². The third-order valence-corrected chi connectivity index (χ3v) is 5.83. The van der Waals surface area contributed by atoms with E-state index in [0.29, 0.717) is 12.2 Å². The van der Waals surface area contributed by atoms with E-state index in [1.807, 2.05) is 17.8 Å². The van der Waals surface area contributed by atoms with Gasteiger partial charge in [-0.1, -0.05) is 49.5 Å². The van der Waals surface area contributed by atoms with E-state index in [-0.39, 0.29) is 0 Å². The summed E-state index contributed by atoms with van der Waals surface area (Å²) in [4.78, 5) is 21.2. The fourth-order valence-electron chi connectivity index (χ4n) is 1.46. The van der Waals surface area contributed by atoms with Gasteiger partial charge in [-0.25, -0.2) is 4.79 Å². The van der Waals surface area contributed by atoms with Crippen molar-refractivity contribution in [2.45, 2.75) is 25.9 Å². The lowest BCUT2D eigenvalue weighted by Crippen LogP contribution is -2.39. The van der Waals surface area contributed by atoms with Gasteiger partial charge >= 0.3 is 5.97 Å². The van der Waals surface area contributed by atoms with E-state index in [1.165, 1.54) is 5.19 Å². The maximum Gasteiger partial charge on any atom is 0.373 e. The zero-order chi connectivity index (χ0) is 14.3. The molecule has 0 bridgehead atoms. The fourth-order valence-corrected chi connectivity index (χ4v) is 2.72. The van der Waals surface area contributed by atoms with Gasteiger partial charge in [-0.3, -0.25) is 4.89 Å². The molecule has 0 aliphatic heterocycles. The van der Waals surface area contributed by atoms with E-state index in [2.05, 4.69) is 26.6 Å². The lowest BCUT2D eigenvalue weighted by Gasteiger charge is -2.17. The summed E-state index contributed by atoms with van der Waals surface area (Å²) in [5.74, 6) is -0.464. The van der Waals surface area contributed by atoms with Crippen LogP contribution in [-0.4, -0.2) is 20.7 Å². The van der Waals surface area contributed by atoms with E-state index in [4.69, 9.17) is 9.78 Å². The molecule has 0 heterocycles. The Balaban J connectivity index is 2.61. The quantitative estimate of drug-likeness (QED) is 0.332. The van der Waals surface area contributed by atoms with Crippen molar-refractivity contribution in [1.82, 2.24) is 0 Å². The molecule has 0 fully saturated rings. The van der Waals surface area contributed by atoms with Crippen molar-refractivity contribution in [2.75, 3.05) is 6.61 Å². The summed E-state index contributed by atoms with van der Waals surface area (Å²) < 4.78 is 0. The molecule has 0 spiro atoms. The van der Waals surface area contributed by atoms with Crippen molar-refractivity contribution in [3.63, 3.8) is 0 Å². The van der Waals surface area contributed by atoms with Crippen LogP contribution in [0, 0.1) is 6.92 Å². The predicted molar refractivity (Wildman–Crippen MR) is 79.7 cm³/mol. The molecule has 0 atom stereocenters. The zero-order valence-electron chi connectivity index (χ0n) is 11.6. The predicted octanol–water partition coefficient (Wildman–Crippen LogP) is 3.03. The first-order valence-electron chi connectivity index (χ1n) is 6.38. The highest BCUT2D eigenvalue weighted by molar-refractivity contribution is 6.93. The van der Waals surface area contributed by atoms with Crippen LogP contribution in [0.2, 0.25) is 13.1 Å².